The lowest BCUT2D eigenvalue weighted by atomic mass is 10.1. The summed E-state index contributed by atoms with van der Waals surface area (Å²) in [5, 5.41) is 0. The van der Waals surface area contributed by atoms with Gasteiger partial charge in [-0.25, -0.2) is 14.8 Å². The molecule has 0 amide bonds. The summed E-state index contributed by atoms with van der Waals surface area (Å²) in [7, 11) is 3.20. The molecule has 0 unspecified atom stereocenters. The zero-order valence-electron chi connectivity index (χ0n) is 18.0. The van der Waals surface area contributed by atoms with Crippen LogP contribution in [-0.2, 0) is 17.7 Å². The van der Waals surface area contributed by atoms with Gasteiger partial charge in [0.05, 0.1) is 25.3 Å². The SMILES string of the molecule is C=CCOC(=O)c1c(N)n(CCc2ccc(OC)c(OC)c2)c2nc3ccccc3nc12. The summed E-state index contributed by atoms with van der Waals surface area (Å²) >= 11 is 0. The summed E-state index contributed by atoms with van der Waals surface area (Å²) in [6.07, 6.45) is 2.13. The van der Waals surface area contributed by atoms with E-state index in [1.54, 1.807) is 18.8 Å². The standard InChI is InChI=1S/C24H24N4O4/c1-4-13-32-24(29)20-21-23(27-17-8-6-5-7-16(17)26-21)28(22(20)25)12-11-15-9-10-18(30-2)19(14-15)31-3/h4-10,14H,1,11-13,25H2,2-3H3. The Hall–Kier alpha value is -4.07. The molecule has 164 valence electrons. The smallest absolute Gasteiger partial charge is 0.344 e. The van der Waals surface area contributed by atoms with E-state index in [9.17, 15) is 4.79 Å². The number of carbonyl (C=O) groups excluding carboxylic acids is 1. The zero-order valence-corrected chi connectivity index (χ0v) is 18.0. The van der Waals surface area contributed by atoms with Gasteiger partial charge in [0.15, 0.2) is 17.1 Å². The lowest BCUT2D eigenvalue weighted by molar-refractivity contribution is 0.0553. The summed E-state index contributed by atoms with van der Waals surface area (Å²) in [6, 6.07) is 13.2. The highest BCUT2D eigenvalue weighted by molar-refractivity contribution is 6.08. The summed E-state index contributed by atoms with van der Waals surface area (Å²) in [5.41, 5.74) is 10.0. The van der Waals surface area contributed by atoms with Crippen molar-refractivity contribution in [3.05, 3.63) is 66.2 Å². The fourth-order valence-corrected chi connectivity index (χ4v) is 3.63. The van der Waals surface area contributed by atoms with Crippen LogP contribution in [0.4, 0.5) is 5.82 Å². The number of carbonyl (C=O) groups is 1. The van der Waals surface area contributed by atoms with Gasteiger partial charge in [-0.1, -0.05) is 30.9 Å². The number of rotatable bonds is 8. The molecule has 0 radical (unpaired) electrons. The quantitative estimate of drug-likeness (QED) is 0.334. The monoisotopic (exact) mass is 432 g/mol. The first kappa shape index (κ1) is 21.2. The van der Waals surface area contributed by atoms with E-state index in [-0.39, 0.29) is 18.0 Å². The molecule has 0 saturated carbocycles. The van der Waals surface area contributed by atoms with Gasteiger partial charge >= 0.3 is 5.97 Å². The van der Waals surface area contributed by atoms with Gasteiger partial charge in [0.2, 0.25) is 0 Å². The Morgan fingerprint density at radius 1 is 1.09 bits per heavy atom. The topological polar surface area (TPSA) is 101 Å². The first-order valence-corrected chi connectivity index (χ1v) is 10.1. The number of anilines is 1. The van der Waals surface area contributed by atoms with Crippen LogP contribution in [0.25, 0.3) is 22.2 Å². The number of para-hydroxylation sites is 2. The highest BCUT2D eigenvalue weighted by Gasteiger charge is 2.25. The highest BCUT2D eigenvalue weighted by atomic mass is 16.5. The summed E-state index contributed by atoms with van der Waals surface area (Å²) in [6.45, 7) is 4.15. The number of nitrogen functional groups attached to an aromatic ring is 1. The van der Waals surface area contributed by atoms with Gasteiger partial charge in [0.25, 0.3) is 0 Å². The number of benzene rings is 2. The second kappa shape index (κ2) is 8.97. The Morgan fingerprint density at radius 3 is 2.50 bits per heavy atom. The van der Waals surface area contributed by atoms with Gasteiger partial charge in [-0.3, -0.25) is 0 Å². The number of hydrogen-bond acceptors (Lipinski definition) is 7. The lowest BCUT2D eigenvalue weighted by Crippen LogP contribution is -2.11. The first-order valence-electron chi connectivity index (χ1n) is 10.1. The first-order chi connectivity index (χ1) is 15.6. The van der Waals surface area contributed by atoms with Crippen molar-refractivity contribution in [1.29, 1.82) is 0 Å². The van der Waals surface area contributed by atoms with E-state index in [1.165, 1.54) is 6.08 Å². The summed E-state index contributed by atoms with van der Waals surface area (Å²) < 4.78 is 17.8. The maximum Gasteiger partial charge on any atom is 0.344 e. The van der Waals surface area contributed by atoms with Crippen LogP contribution >= 0.6 is 0 Å². The average Bonchev–Trinajstić information content (AvgIpc) is 3.09. The van der Waals surface area contributed by atoms with Crippen molar-refractivity contribution in [3.8, 4) is 11.5 Å². The second-order valence-corrected chi connectivity index (χ2v) is 7.12. The molecular formula is C24H24N4O4. The molecule has 4 aromatic rings. The number of aryl methyl sites for hydroxylation is 2. The zero-order chi connectivity index (χ0) is 22.7. The van der Waals surface area contributed by atoms with Gasteiger partial charge in [0, 0.05) is 6.54 Å². The van der Waals surface area contributed by atoms with E-state index in [1.807, 2.05) is 42.5 Å². The maximum atomic E-state index is 12.8. The molecule has 0 aliphatic heterocycles. The number of hydrogen-bond donors (Lipinski definition) is 1. The number of methoxy groups -OCH3 is 2. The van der Waals surface area contributed by atoms with E-state index in [2.05, 4.69) is 11.6 Å². The van der Waals surface area contributed by atoms with Crippen LogP contribution in [0, 0.1) is 0 Å². The minimum atomic E-state index is -0.554. The second-order valence-electron chi connectivity index (χ2n) is 7.12. The van der Waals surface area contributed by atoms with Crippen LogP contribution < -0.4 is 15.2 Å². The largest absolute Gasteiger partial charge is 0.493 e. The summed E-state index contributed by atoms with van der Waals surface area (Å²) in [4.78, 5) is 22.2. The third-order valence-corrected chi connectivity index (χ3v) is 5.20. The molecule has 2 aromatic carbocycles. The van der Waals surface area contributed by atoms with Crippen molar-refractivity contribution in [1.82, 2.24) is 14.5 Å². The Balaban J connectivity index is 1.78. The van der Waals surface area contributed by atoms with Gasteiger partial charge in [0.1, 0.15) is 23.5 Å². The number of aromatic nitrogens is 3. The molecule has 2 N–H and O–H groups in total. The van der Waals surface area contributed by atoms with E-state index < -0.39 is 5.97 Å². The van der Waals surface area contributed by atoms with Crippen molar-refractivity contribution in [2.45, 2.75) is 13.0 Å². The molecule has 8 heteroatoms. The van der Waals surface area contributed by atoms with Crippen LogP contribution in [0.3, 0.4) is 0 Å². The molecule has 4 rings (SSSR count). The predicted octanol–water partition coefficient (Wildman–Crippen LogP) is 3.77. The maximum absolute atomic E-state index is 12.8. The van der Waals surface area contributed by atoms with Gasteiger partial charge in [-0.15, -0.1) is 0 Å². The average molecular weight is 432 g/mol. The van der Waals surface area contributed by atoms with Crippen molar-refractivity contribution in [2.24, 2.45) is 0 Å². The molecule has 2 heterocycles. The third-order valence-electron chi connectivity index (χ3n) is 5.20. The Bertz CT molecular complexity index is 1310. The van der Waals surface area contributed by atoms with E-state index in [0.717, 1.165) is 11.1 Å². The fraction of sp³-hybridized carbons (Fsp3) is 0.208. The Kier molecular flexibility index (Phi) is 5.93. The van der Waals surface area contributed by atoms with Gasteiger partial charge in [-0.2, -0.15) is 0 Å². The molecule has 0 aliphatic carbocycles. The fourth-order valence-electron chi connectivity index (χ4n) is 3.63. The van der Waals surface area contributed by atoms with Crippen LogP contribution in [0.2, 0.25) is 0 Å². The molecular weight excluding hydrogens is 408 g/mol. The van der Waals surface area contributed by atoms with E-state index in [0.29, 0.717) is 41.1 Å². The highest BCUT2D eigenvalue weighted by Crippen LogP contribution is 2.30. The van der Waals surface area contributed by atoms with Crippen molar-refractivity contribution < 1.29 is 19.0 Å². The minimum Gasteiger partial charge on any atom is -0.493 e. The van der Waals surface area contributed by atoms with Crippen molar-refractivity contribution in [3.63, 3.8) is 0 Å². The van der Waals surface area contributed by atoms with Crippen molar-refractivity contribution in [2.75, 3.05) is 26.6 Å². The molecule has 0 fully saturated rings. The third kappa shape index (κ3) is 3.82. The van der Waals surface area contributed by atoms with E-state index >= 15 is 0 Å². The molecule has 0 saturated heterocycles. The number of nitrogens with zero attached hydrogens (tertiary/aromatic N) is 3. The number of nitrogens with two attached hydrogens (primary N) is 1. The lowest BCUT2D eigenvalue weighted by Gasteiger charge is -2.11. The minimum absolute atomic E-state index is 0.0810. The number of fused-ring (bicyclic) bond motifs is 2. The van der Waals surface area contributed by atoms with Crippen molar-refractivity contribution >= 4 is 34.0 Å². The van der Waals surface area contributed by atoms with Crippen LogP contribution in [0.5, 0.6) is 11.5 Å². The summed E-state index contributed by atoms with van der Waals surface area (Å²) in [5.74, 6) is 1.02. The Morgan fingerprint density at radius 2 is 1.81 bits per heavy atom. The van der Waals surface area contributed by atoms with Crippen LogP contribution in [-0.4, -0.2) is 41.3 Å². The molecule has 2 aromatic heterocycles. The molecule has 32 heavy (non-hydrogen) atoms. The van der Waals surface area contributed by atoms with Crippen LogP contribution in [0.1, 0.15) is 15.9 Å². The number of ether oxygens (including phenoxy) is 3. The molecule has 0 spiro atoms. The van der Waals surface area contributed by atoms with Crippen LogP contribution in [0.15, 0.2) is 55.1 Å². The molecule has 0 bridgehead atoms. The normalized spacial score (nSPS) is 10.9. The van der Waals surface area contributed by atoms with Gasteiger partial charge in [-0.05, 0) is 36.2 Å². The molecule has 0 atom stereocenters. The molecule has 0 aliphatic rings. The van der Waals surface area contributed by atoms with Gasteiger partial charge < -0.3 is 24.5 Å². The predicted molar refractivity (Wildman–Crippen MR) is 123 cm³/mol. The number of esters is 1. The Labute approximate surface area is 185 Å². The van der Waals surface area contributed by atoms with E-state index in [4.69, 9.17) is 24.9 Å². The molecule has 8 nitrogen and oxygen atoms in total.